The molecule has 2 aromatic carbocycles. The third-order valence-corrected chi connectivity index (χ3v) is 5.26. The number of anilines is 1. The standard InChI is InChI=1S/C22H21ClN2O3/c23-16-6-4-5-14(11-16)12-20-22(27)25-18-13-15(9-10-19(18)28-20)21(26)24-17-7-2-1-3-8-17/h4-6,9-13,17H,1-3,7-8H2,(H,24,26)(H,25,27)/b20-12-. The lowest BCUT2D eigenvalue weighted by molar-refractivity contribution is -0.115. The zero-order valence-corrected chi connectivity index (χ0v) is 16.1. The van der Waals surface area contributed by atoms with Crippen LogP contribution in [0, 0.1) is 0 Å². The number of hydrogen-bond acceptors (Lipinski definition) is 3. The third kappa shape index (κ3) is 4.20. The summed E-state index contributed by atoms with van der Waals surface area (Å²) in [5.41, 5.74) is 1.77. The highest BCUT2D eigenvalue weighted by atomic mass is 35.5. The minimum absolute atomic E-state index is 0.121. The summed E-state index contributed by atoms with van der Waals surface area (Å²) in [6, 6.07) is 12.5. The molecule has 0 bridgehead atoms. The monoisotopic (exact) mass is 396 g/mol. The lowest BCUT2D eigenvalue weighted by atomic mass is 9.95. The number of amides is 2. The maximum absolute atomic E-state index is 12.5. The fraction of sp³-hybridized carbons (Fsp3) is 0.273. The summed E-state index contributed by atoms with van der Waals surface area (Å²) in [4.78, 5) is 24.9. The molecule has 0 saturated heterocycles. The molecule has 4 rings (SSSR count). The molecule has 2 aromatic rings. The highest BCUT2D eigenvalue weighted by Gasteiger charge is 2.24. The summed E-state index contributed by atoms with van der Waals surface area (Å²) < 4.78 is 5.75. The van der Waals surface area contributed by atoms with Gasteiger partial charge in [-0.3, -0.25) is 9.59 Å². The Labute approximate surface area is 168 Å². The lowest BCUT2D eigenvalue weighted by Crippen LogP contribution is -2.36. The summed E-state index contributed by atoms with van der Waals surface area (Å²) in [5.74, 6) is 0.192. The van der Waals surface area contributed by atoms with E-state index < -0.39 is 0 Å². The molecule has 144 valence electrons. The van der Waals surface area contributed by atoms with Gasteiger partial charge in [0.25, 0.3) is 11.8 Å². The van der Waals surface area contributed by atoms with Gasteiger partial charge < -0.3 is 15.4 Å². The quantitative estimate of drug-likeness (QED) is 0.734. The van der Waals surface area contributed by atoms with Crippen LogP contribution in [0.15, 0.2) is 48.2 Å². The number of benzene rings is 2. The van der Waals surface area contributed by atoms with Crippen molar-refractivity contribution in [2.75, 3.05) is 5.32 Å². The molecule has 1 fully saturated rings. The van der Waals surface area contributed by atoms with Gasteiger partial charge in [-0.25, -0.2) is 0 Å². The molecular weight excluding hydrogens is 376 g/mol. The van der Waals surface area contributed by atoms with E-state index in [1.165, 1.54) is 6.42 Å². The van der Waals surface area contributed by atoms with E-state index in [1.807, 2.05) is 6.07 Å². The van der Waals surface area contributed by atoms with Gasteiger partial charge in [0.2, 0.25) is 0 Å². The molecule has 1 aliphatic carbocycles. The van der Waals surface area contributed by atoms with Crippen molar-refractivity contribution >= 4 is 35.2 Å². The smallest absolute Gasteiger partial charge is 0.291 e. The highest BCUT2D eigenvalue weighted by Crippen LogP contribution is 2.32. The van der Waals surface area contributed by atoms with Gasteiger partial charge in [-0.1, -0.05) is 43.0 Å². The van der Waals surface area contributed by atoms with E-state index in [9.17, 15) is 9.59 Å². The molecule has 1 saturated carbocycles. The first kappa shape index (κ1) is 18.6. The highest BCUT2D eigenvalue weighted by molar-refractivity contribution is 6.30. The maximum atomic E-state index is 12.5. The molecule has 5 nitrogen and oxygen atoms in total. The molecule has 2 aliphatic rings. The van der Waals surface area contributed by atoms with Gasteiger partial charge in [0.05, 0.1) is 5.69 Å². The summed E-state index contributed by atoms with van der Waals surface area (Å²) in [6.07, 6.45) is 7.22. The van der Waals surface area contributed by atoms with Crippen molar-refractivity contribution in [3.63, 3.8) is 0 Å². The van der Waals surface area contributed by atoms with Crippen LogP contribution in [0.3, 0.4) is 0 Å². The van der Waals surface area contributed by atoms with Crippen LogP contribution in [0.1, 0.15) is 48.0 Å². The van der Waals surface area contributed by atoms with E-state index >= 15 is 0 Å². The number of rotatable bonds is 3. The second kappa shape index (κ2) is 8.07. The molecule has 1 heterocycles. The Morgan fingerprint density at radius 3 is 2.75 bits per heavy atom. The van der Waals surface area contributed by atoms with Crippen LogP contribution in [-0.4, -0.2) is 17.9 Å². The van der Waals surface area contributed by atoms with E-state index in [0.29, 0.717) is 22.0 Å². The van der Waals surface area contributed by atoms with Crippen molar-refractivity contribution in [3.8, 4) is 5.75 Å². The largest absolute Gasteiger partial charge is 0.449 e. The van der Waals surface area contributed by atoms with Gasteiger partial charge in [-0.05, 0) is 54.8 Å². The summed E-state index contributed by atoms with van der Waals surface area (Å²) in [5, 5.41) is 6.47. The molecule has 1 aliphatic heterocycles. The second-order valence-corrected chi connectivity index (χ2v) is 7.58. The van der Waals surface area contributed by atoms with Gasteiger partial charge in [-0.2, -0.15) is 0 Å². The molecule has 0 aromatic heterocycles. The Hall–Kier alpha value is -2.79. The normalized spacial score (nSPS) is 18.2. The Balaban J connectivity index is 1.51. The van der Waals surface area contributed by atoms with Crippen molar-refractivity contribution in [2.45, 2.75) is 38.1 Å². The van der Waals surface area contributed by atoms with E-state index in [2.05, 4.69) is 10.6 Å². The number of fused-ring (bicyclic) bond motifs is 1. The maximum Gasteiger partial charge on any atom is 0.291 e. The van der Waals surface area contributed by atoms with E-state index in [4.69, 9.17) is 16.3 Å². The molecule has 0 unspecified atom stereocenters. The minimum atomic E-state index is -0.364. The molecule has 28 heavy (non-hydrogen) atoms. The van der Waals surface area contributed by atoms with Crippen LogP contribution in [0.4, 0.5) is 5.69 Å². The Bertz CT molecular complexity index is 949. The zero-order valence-electron chi connectivity index (χ0n) is 15.3. The van der Waals surface area contributed by atoms with Crippen LogP contribution in [0.25, 0.3) is 6.08 Å². The number of hydrogen-bond donors (Lipinski definition) is 2. The number of carbonyl (C=O) groups excluding carboxylic acids is 2. The molecular formula is C22H21ClN2O3. The first-order valence-electron chi connectivity index (χ1n) is 9.50. The SMILES string of the molecule is O=C1Nc2cc(C(=O)NC3CCCCC3)ccc2O/C1=C\c1cccc(Cl)c1. The first-order chi connectivity index (χ1) is 13.6. The van der Waals surface area contributed by atoms with Crippen LogP contribution < -0.4 is 15.4 Å². The number of halogens is 1. The van der Waals surface area contributed by atoms with Crippen LogP contribution in [0.2, 0.25) is 5.02 Å². The molecule has 6 heteroatoms. The average Bonchev–Trinajstić information content (AvgIpc) is 2.69. The van der Waals surface area contributed by atoms with Gasteiger partial charge in [-0.15, -0.1) is 0 Å². The van der Waals surface area contributed by atoms with Crippen molar-refractivity contribution in [3.05, 3.63) is 64.4 Å². The first-order valence-corrected chi connectivity index (χ1v) is 9.88. The molecule has 2 N–H and O–H groups in total. The minimum Gasteiger partial charge on any atom is -0.449 e. The molecule has 0 radical (unpaired) electrons. The Morgan fingerprint density at radius 2 is 1.96 bits per heavy atom. The van der Waals surface area contributed by atoms with Crippen molar-refractivity contribution in [1.82, 2.24) is 5.32 Å². The predicted octanol–water partition coefficient (Wildman–Crippen LogP) is 4.77. The van der Waals surface area contributed by atoms with Crippen LogP contribution >= 0.6 is 11.6 Å². The van der Waals surface area contributed by atoms with Crippen molar-refractivity contribution in [1.29, 1.82) is 0 Å². The zero-order chi connectivity index (χ0) is 19.5. The molecule has 0 spiro atoms. The van der Waals surface area contributed by atoms with E-state index in [1.54, 1.807) is 42.5 Å². The van der Waals surface area contributed by atoms with Gasteiger partial charge >= 0.3 is 0 Å². The van der Waals surface area contributed by atoms with E-state index in [-0.39, 0.29) is 23.6 Å². The summed E-state index contributed by atoms with van der Waals surface area (Å²) >= 11 is 5.99. The van der Waals surface area contributed by atoms with Crippen LogP contribution in [0.5, 0.6) is 5.75 Å². The number of ether oxygens (including phenoxy) is 1. The molecule has 0 atom stereocenters. The fourth-order valence-corrected chi connectivity index (χ4v) is 3.76. The number of nitrogens with one attached hydrogen (secondary N) is 2. The van der Waals surface area contributed by atoms with Crippen LogP contribution in [-0.2, 0) is 4.79 Å². The van der Waals surface area contributed by atoms with E-state index in [0.717, 1.165) is 31.2 Å². The Morgan fingerprint density at radius 1 is 1.14 bits per heavy atom. The topological polar surface area (TPSA) is 67.4 Å². The van der Waals surface area contributed by atoms with Gasteiger partial charge in [0.15, 0.2) is 11.5 Å². The summed E-state index contributed by atoms with van der Waals surface area (Å²) in [7, 11) is 0. The number of carbonyl (C=O) groups is 2. The van der Waals surface area contributed by atoms with Gasteiger partial charge in [0, 0.05) is 16.6 Å². The van der Waals surface area contributed by atoms with Gasteiger partial charge in [0.1, 0.15) is 0 Å². The lowest BCUT2D eigenvalue weighted by Gasteiger charge is -2.24. The average molecular weight is 397 g/mol. The molecule has 2 amide bonds. The summed E-state index contributed by atoms with van der Waals surface area (Å²) in [6.45, 7) is 0. The third-order valence-electron chi connectivity index (χ3n) is 5.02. The Kier molecular flexibility index (Phi) is 5.35. The second-order valence-electron chi connectivity index (χ2n) is 7.14. The van der Waals surface area contributed by atoms with Crippen molar-refractivity contribution in [2.24, 2.45) is 0 Å². The van der Waals surface area contributed by atoms with Crippen molar-refractivity contribution < 1.29 is 14.3 Å². The predicted molar refractivity (Wildman–Crippen MR) is 109 cm³/mol. The fourth-order valence-electron chi connectivity index (χ4n) is 3.57.